The van der Waals surface area contributed by atoms with Crippen LogP contribution in [-0.2, 0) is 15.7 Å². The highest BCUT2D eigenvalue weighted by Gasteiger charge is 2.29. The molecule has 1 aromatic carbocycles. The van der Waals surface area contributed by atoms with E-state index in [4.69, 9.17) is 0 Å². The first kappa shape index (κ1) is 15.1. The summed E-state index contributed by atoms with van der Waals surface area (Å²) >= 11 is 0. The molecule has 0 heterocycles. The quantitative estimate of drug-likeness (QED) is 0.781. The largest absolute Gasteiger partial charge is 0.508 e. The fourth-order valence-electron chi connectivity index (χ4n) is 1.24. The molecule has 0 aliphatic carbocycles. The maximum absolute atomic E-state index is 12.3. The predicted octanol–water partition coefficient (Wildman–Crippen LogP) is 3.89. The molecule has 0 spiro atoms. The average Bonchev–Trinajstić information content (AvgIpc) is 2.34. The summed E-state index contributed by atoms with van der Waals surface area (Å²) in [5.41, 5.74) is -0.118. The van der Waals surface area contributed by atoms with Gasteiger partial charge in [0.05, 0.1) is 12.2 Å². The van der Waals surface area contributed by atoms with E-state index in [1.807, 2.05) is 0 Å². The van der Waals surface area contributed by atoms with Crippen molar-refractivity contribution in [1.82, 2.24) is 0 Å². The highest BCUT2D eigenvalue weighted by Crippen LogP contribution is 2.29. The van der Waals surface area contributed by atoms with Gasteiger partial charge in [-0.15, -0.1) is 0 Å². The van der Waals surface area contributed by atoms with Gasteiger partial charge in [-0.05, 0) is 30.7 Å². The van der Waals surface area contributed by atoms with Crippen molar-refractivity contribution >= 4 is 12.2 Å². The lowest BCUT2D eigenvalue weighted by Crippen LogP contribution is -2.06. The van der Waals surface area contributed by atoms with Crippen molar-refractivity contribution in [3.8, 4) is 0 Å². The van der Waals surface area contributed by atoms with E-state index in [2.05, 4.69) is 9.47 Å². The van der Waals surface area contributed by atoms with E-state index in [1.54, 1.807) is 13.0 Å². The second kappa shape index (κ2) is 6.82. The van der Waals surface area contributed by atoms with Gasteiger partial charge in [0.1, 0.15) is 6.61 Å². The molecule has 104 valence electrons. The molecule has 0 atom stereocenters. The molecule has 0 bridgehead atoms. The van der Waals surface area contributed by atoms with Crippen LogP contribution in [0.4, 0.5) is 18.0 Å². The van der Waals surface area contributed by atoms with E-state index in [9.17, 15) is 18.0 Å². The smallest absolute Gasteiger partial charge is 0.435 e. The van der Waals surface area contributed by atoms with Gasteiger partial charge in [-0.25, -0.2) is 4.79 Å². The second-order valence-electron chi connectivity index (χ2n) is 3.52. The molecule has 0 unspecified atom stereocenters. The van der Waals surface area contributed by atoms with Crippen molar-refractivity contribution in [3.63, 3.8) is 0 Å². The average molecular weight is 274 g/mol. The van der Waals surface area contributed by atoms with Crippen LogP contribution >= 0.6 is 0 Å². The molecule has 0 aliphatic rings. The fourth-order valence-corrected chi connectivity index (χ4v) is 1.24. The van der Waals surface area contributed by atoms with E-state index in [0.717, 1.165) is 12.1 Å². The summed E-state index contributed by atoms with van der Waals surface area (Å²) in [6.07, 6.45) is -2.05. The van der Waals surface area contributed by atoms with E-state index >= 15 is 0 Å². The van der Waals surface area contributed by atoms with Crippen molar-refractivity contribution in [2.75, 3.05) is 13.2 Å². The van der Waals surface area contributed by atoms with Crippen molar-refractivity contribution in [1.29, 1.82) is 0 Å². The molecule has 19 heavy (non-hydrogen) atoms. The number of alkyl halides is 3. The Balaban J connectivity index is 2.47. The van der Waals surface area contributed by atoms with Gasteiger partial charge in [-0.1, -0.05) is 18.2 Å². The number of ether oxygens (including phenoxy) is 2. The number of hydrogen-bond donors (Lipinski definition) is 0. The number of rotatable bonds is 4. The summed E-state index contributed by atoms with van der Waals surface area (Å²) in [4.78, 5) is 10.8. The highest BCUT2D eigenvalue weighted by molar-refractivity contribution is 5.60. The highest BCUT2D eigenvalue weighted by atomic mass is 19.4. The van der Waals surface area contributed by atoms with Gasteiger partial charge in [0.15, 0.2) is 0 Å². The molecule has 0 amide bonds. The lowest BCUT2D eigenvalue weighted by molar-refractivity contribution is -0.137. The Bertz CT molecular complexity index is 435. The Morgan fingerprint density at radius 3 is 2.37 bits per heavy atom. The number of halogens is 3. The lowest BCUT2D eigenvalue weighted by atomic mass is 10.1. The van der Waals surface area contributed by atoms with Gasteiger partial charge < -0.3 is 9.47 Å². The zero-order chi connectivity index (χ0) is 14.3. The third-order valence-corrected chi connectivity index (χ3v) is 2.11. The monoisotopic (exact) mass is 274 g/mol. The van der Waals surface area contributed by atoms with Crippen LogP contribution in [0, 0.1) is 0 Å². The Morgan fingerprint density at radius 2 is 1.84 bits per heavy atom. The first-order chi connectivity index (χ1) is 8.93. The molecule has 0 saturated heterocycles. The first-order valence-electron chi connectivity index (χ1n) is 5.57. The number of carbonyl (C=O) groups is 1. The zero-order valence-corrected chi connectivity index (χ0v) is 10.2. The Kier molecular flexibility index (Phi) is 5.41. The molecule has 0 N–H and O–H groups in total. The Hall–Kier alpha value is -1.98. The summed E-state index contributed by atoms with van der Waals surface area (Å²) in [5, 5.41) is 0. The minimum atomic E-state index is -4.34. The molecule has 3 nitrogen and oxygen atoms in total. The van der Waals surface area contributed by atoms with Crippen LogP contribution in [0.1, 0.15) is 18.1 Å². The number of hydrogen-bond acceptors (Lipinski definition) is 3. The fraction of sp³-hybridized carbons (Fsp3) is 0.308. The molecule has 0 radical (unpaired) electrons. The van der Waals surface area contributed by atoms with Crippen LogP contribution in [0.5, 0.6) is 0 Å². The molecule has 1 aromatic rings. The Morgan fingerprint density at radius 1 is 1.21 bits per heavy atom. The van der Waals surface area contributed by atoms with Crippen molar-refractivity contribution < 1.29 is 27.4 Å². The van der Waals surface area contributed by atoms with Gasteiger partial charge in [-0.2, -0.15) is 13.2 Å². The predicted molar refractivity (Wildman–Crippen MR) is 63.5 cm³/mol. The summed E-state index contributed by atoms with van der Waals surface area (Å²) in [7, 11) is 0. The first-order valence-corrected chi connectivity index (χ1v) is 5.57. The van der Waals surface area contributed by atoms with Gasteiger partial charge in [0.25, 0.3) is 0 Å². The standard InChI is InChI=1S/C13H13F3O3/c1-2-18-12(17)19-9-3-4-10-5-7-11(8-6-10)13(14,15)16/h3-8H,2,9H2,1H3/b4-3+. The molecular weight excluding hydrogens is 261 g/mol. The molecule has 0 saturated carbocycles. The summed E-state index contributed by atoms with van der Waals surface area (Å²) in [6, 6.07) is 4.66. The van der Waals surface area contributed by atoms with Crippen LogP contribution in [0.2, 0.25) is 0 Å². The minimum absolute atomic E-state index is 0.000143. The lowest BCUT2D eigenvalue weighted by Gasteiger charge is -2.05. The molecule has 6 heteroatoms. The second-order valence-corrected chi connectivity index (χ2v) is 3.52. The van der Waals surface area contributed by atoms with E-state index in [-0.39, 0.29) is 13.2 Å². The van der Waals surface area contributed by atoms with Crippen molar-refractivity contribution in [3.05, 3.63) is 41.5 Å². The van der Waals surface area contributed by atoms with Crippen LogP contribution in [-0.4, -0.2) is 19.4 Å². The molecule has 0 fully saturated rings. The van der Waals surface area contributed by atoms with Gasteiger partial charge in [0, 0.05) is 0 Å². The third kappa shape index (κ3) is 5.46. The van der Waals surface area contributed by atoms with Crippen LogP contribution in [0.3, 0.4) is 0 Å². The number of benzene rings is 1. The SMILES string of the molecule is CCOC(=O)OC/C=C/c1ccc(C(F)(F)F)cc1. The van der Waals surface area contributed by atoms with Crippen LogP contribution in [0.15, 0.2) is 30.3 Å². The normalized spacial score (nSPS) is 11.6. The molecule has 0 aromatic heterocycles. The van der Waals surface area contributed by atoms with Gasteiger partial charge in [0.2, 0.25) is 0 Å². The third-order valence-electron chi connectivity index (χ3n) is 2.11. The van der Waals surface area contributed by atoms with E-state index in [0.29, 0.717) is 5.56 Å². The maximum Gasteiger partial charge on any atom is 0.508 e. The topological polar surface area (TPSA) is 35.5 Å². The summed E-state index contributed by atoms with van der Waals surface area (Å²) in [5.74, 6) is 0. The van der Waals surface area contributed by atoms with Crippen molar-refractivity contribution in [2.24, 2.45) is 0 Å². The zero-order valence-electron chi connectivity index (χ0n) is 10.2. The van der Waals surface area contributed by atoms with Gasteiger partial charge in [-0.3, -0.25) is 0 Å². The molecule has 0 aliphatic heterocycles. The Labute approximate surface area is 108 Å². The minimum Gasteiger partial charge on any atom is -0.435 e. The van der Waals surface area contributed by atoms with Gasteiger partial charge >= 0.3 is 12.3 Å². The number of carbonyl (C=O) groups excluding carboxylic acids is 1. The van der Waals surface area contributed by atoms with E-state index < -0.39 is 17.9 Å². The van der Waals surface area contributed by atoms with E-state index in [1.165, 1.54) is 18.2 Å². The molecular formula is C13H13F3O3. The van der Waals surface area contributed by atoms with Crippen LogP contribution in [0.25, 0.3) is 6.08 Å². The summed E-state index contributed by atoms with van der Waals surface area (Å²) < 4.78 is 46.1. The maximum atomic E-state index is 12.3. The van der Waals surface area contributed by atoms with Crippen LogP contribution < -0.4 is 0 Å². The summed E-state index contributed by atoms with van der Waals surface area (Å²) in [6.45, 7) is 1.88. The molecule has 1 rings (SSSR count). The van der Waals surface area contributed by atoms with Crippen molar-refractivity contribution in [2.45, 2.75) is 13.1 Å².